The molecule has 0 fully saturated rings. The monoisotopic (exact) mass is 372 g/mol. The van der Waals surface area contributed by atoms with Gasteiger partial charge in [0.25, 0.3) is 5.91 Å². The molecule has 0 aliphatic heterocycles. The number of halogens is 2. The molecule has 0 radical (unpaired) electrons. The third-order valence-electron chi connectivity index (χ3n) is 3.20. The van der Waals surface area contributed by atoms with Crippen LogP contribution >= 0.6 is 0 Å². The van der Waals surface area contributed by atoms with Gasteiger partial charge in [0.15, 0.2) is 0 Å². The molecule has 0 aliphatic carbocycles. The Labute approximate surface area is 142 Å². The highest BCUT2D eigenvalue weighted by molar-refractivity contribution is 7.90. The van der Waals surface area contributed by atoms with E-state index in [0.29, 0.717) is 11.8 Å². The van der Waals surface area contributed by atoms with E-state index in [4.69, 9.17) is 5.11 Å². The van der Waals surface area contributed by atoms with Gasteiger partial charge in [-0.3, -0.25) is 9.78 Å². The van der Waals surface area contributed by atoms with Crippen molar-refractivity contribution in [3.05, 3.63) is 65.0 Å². The van der Waals surface area contributed by atoms with Crippen molar-refractivity contribution in [3.63, 3.8) is 0 Å². The number of aliphatic hydroxyl groups excluding tert-OH is 2. The minimum absolute atomic E-state index is 0.0803. The van der Waals surface area contributed by atoms with Crippen LogP contribution in [0.2, 0.25) is 0 Å². The van der Waals surface area contributed by atoms with Crippen LogP contribution in [0.4, 0.5) is 8.78 Å². The molecule has 1 unspecified atom stereocenters. The molecule has 0 spiro atoms. The van der Waals surface area contributed by atoms with Gasteiger partial charge in [-0.1, -0.05) is 6.07 Å². The Hall–Kier alpha value is -2.43. The number of carbonyl (C=O) groups excluding carboxylic acids is 1. The van der Waals surface area contributed by atoms with Gasteiger partial charge in [0.1, 0.15) is 11.6 Å². The second kappa shape index (κ2) is 7.64. The second-order valence-electron chi connectivity index (χ2n) is 5.09. The average Bonchev–Trinajstić information content (AvgIpc) is 2.53. The van der Waals surface area contributed by atoms with Crippen LogP contribution in [0.25, 0.3) is 0 Å². The first kappa shape index (κ1) is 18.9. The first-order valence-electron chi connectivity index (χ1n) is 6.95. The first-order valence-corrected chi connectivity index (χ1v) is 8.60. The number of amides is 1. The molecule has 25 heavy (non-hydrogen) atoms. The van der Waals surface area contributed by atoms with Crippen molar-refractivity contribution in [2.45, 2.75) is 12.7 Å². The molecule has 1 amide bonds. The zero-order valence-corrected chi connectivity index (χ0v) is 13.5. The molecule has 2 rings (SSSR count). The standard InChI is InChI=1S/C15H14F2N2O5S/c16-10-2-4-12(13(17)5-10)14(21)8-25(23,24)19-15(22)9-1-3-11(7-20)18-6-9/h1-6,14,20-21H,7-8H2,(H,19,22). The highest BCUT2D eigenvalue weighted by Crippen LogP contribution is 2.19. The minimum Gasteiger partial charge on any atom is -0.390 e. The van der Waals surface area contributed by atoms with Gasteiger partial charge in [0, 0.05) is 17.8 Å². The Balaban J connectivity index is 2.08. The number of aliphatic hydroxyl groups is 2. The lowest BCUT2D eigenvalue weighted by Gasteiger charge is -2.13. The lowest BCUT2D eigenvalue weighted by atomic mass is 10.1. The van der Waals surface area contributed by atoms with Gasteiger partial charge >= 0.3 is 0 Å². The number of benzene rings is 1. The maximum atomic E-state index is 13.6. The zero-order chi connectivity index (χ0) is 18.6. The molecule has 0 saturated heterocycles. The number of pyridine rings is 1. The number of hydrogen-bond acceptors (Lipinski definition) is 6. The number of aromatic nitrogens is 1. The van der Waals surface area contributed by atoms with Crippen LogP contribution in [-0.2, 0) is 16.6 Å². The van der Waals surface area contributed by atoms with E-state index in [9.17, 15) is 27.1 Å². The Morgan fingerprint density at radius 1 is 1.24 bits per heavy atom. The van der Waals surface area contributed by atoms with E-state index >= 15 is 0 Å². The summed E-state index contributed by atoms with van der Waals surface area (Å²) in [7, 11) is -4.31. The van der Waals surface area contributed by atoms with Crippen LogP contribution in [0.15, 0.2) is 36.5 Å². The fraction of sp³-hybridized carbons (Fsp3) is 0.200. The first-order chi connectivity index (χ1) is 11.7. The lowest BCUT2D eigenvalue weighted by molar-refractivity contribution is 0.0980. The summed E-state index contributed by atoms with van der Waals surface area (Å²) in [5, 5.41) is 18.7. The third-order valence-corrected chi connectivity index (χ3v) is 4.45. The smallest absolute Gasteiger partial charge is 0.266 e. The maximum absolute atomic E-state index is 13.6. The van der Waals surface area contributed by atoms with Crippen LogP contribution < -0.4 is 4.72 Å². The van der Waals surface area contributed by atoms with Gasteiger partial charge in [-0.2, -0.15) is 0 Å². The largest absolute Gasteiger partial charge is 0.390 e. The molecular weight excluding hydrogens is 358 g/mol. The molecule has 2 aromatic rings. The number of hydrogen-bond donors (Lipinski definition) is 3. The highest BCUT2D eigenvalue weighted by Gasteiger charge is 2.24. The molecule has 1 heterocycles. The highest BCUT2D eigenvalue weighted by atomic mass is 32.2. The Kier molecular flexibility index (Phi) is 5.77. The molecule has 134 valence electrons. The number of rotatable bonds is 6. The van der Waals surface area contributed by atoms with Crippen LogP contribution in [0.1, 0.15) is 27.7 Å². The summed E-state index contributed by atoms with van der Waals surface area (Å²) in [6.45, 7) is -0.338. The van der Waals surface area contributed by atoms with Crippen molar-refractivity contribution in [3.8, 4) is 0 Å². The molecule has 0 bridgehead atoms. The molecule has 0 aliphatic rings. The minimum atomic E-state index is -4.31. The molecule has 1 atom stereocenters. The number of nitrogens with one attached hydrogen (secondary N) is 1. The fourth-order valence-electron chi connectivity index (χ4n) is 1.96. The van der Waals surface area contributed by atoms with Gasteiger partial charge in [-0.15, -0.1) is 0 Å². The zero-order valence-electron chi connectivity index (χ0n) is 12.7. The molecular formula is C15H14F2N2O5S. The van der Waals surface area contributed by atoms with E-state index in [-0.39, 0.29) is 12.2 Å². The summed E-state index contributed by atoms with van der Waals surface area (Å²) in [4.78, 5) is 15.6. The van der Waals surface area contributed by atoms with E-state index in [1.165, 1.54) is 12.1 Å². The number of sulfonamides is 1. The SMILES string of the molecule is O=C(NS(=O)(=O)CC(O)c1ccc(F)cc1F)c1ccc(CO)nc1. The predicted octanol–water partition coefficient (Wildman–Crippen LogP) is 0.645. The Morgan fingerprint density at radius 2 is 1.96 bits per heavy atom. The third kappa shape index (κ3) is 5.02. The van der Waals surface area contributed by atoms with Gasteiger partial charge in [-0.25, -0.2) is 21.9 Å². The molecule has 0 saturated carbocycles. The van der Waals surface area contributed by atoms with Crippen molar-refractivity contribution in [1.29, 1.82) is 0 Å². The molecule has 1 aromatic carbocycles. The topological polar surface area (TPSA) is 117 Å². The van der Waals surface area contributed by atoms with Crippen LogP contribution in [0.3, 0.4) is 0 Å². The van der Waals surface area contributed by atoms with Crippen molar-refractivity contribution in [2.75, 3.05) is 5.75 Å². The average molecular weight is 372 g/mol. The van der Waals surface area contributed by atoms with Gasteiger partial charge in [0.2, 0.25) is 10.0 Å². The fourth-order valence-corrected chi connectivity index (χ4v) is 3.04. The van der Waals surface area contributed by atoms with E-state index in [1.807, 2.05) is 0 Å². The summed E-state index contributed by atoms with van der Waals surface area (Å²) in [6.07, 6.45) is -0.715. The number of carbonyl (C=O) groups is 1. The van der Waals surface area contributed by atoms with E-state index in [1.54, 1.807) is 4.72 Å². The van der Waals surface area contributed by atoms with Crippen molar-refractivity contribution >= 4 is 15.9 Å². The van der Waals surface area contributed by atoms with Crippen LogP contribution in [-0.4, -0.2) is 35.3 Å². The van der Waals surface area contributed by atoms with E-state index < -0.39 is 45.0 Å². The van der Waals surface area contributed by atoms with Crippen molar-refractivity contribution in [2.24, 2.45) is 0 Å². The molecule has 7 nitrogen and oxygen atoms in total. The lowest BCUT2D eigenvalue weighted by Crippen LogP contribution is -2.34. The quantitative estimate of drug-likeness (QED) is 0.685. The van der Waals surface area contributed by atoms with Crippen molar-refractivity contribution < 1.29 is 32.2 Å². The Morgan fingerprint density at radius 3 is 2.52 bits per heavy atom. The summed E-state index contributed by atoms with van der Waals surface area (Å²) in [5.41, 5.74) is -0.196. The van der Waals surface area contributed by atoms with E-state index in [2.05, 4.69) is 4.98 Å². The molecule has 10 heteroatoms. The molecule has 1 aromatic heterocycles. The summed E-state index contributed by atoms with van der Waals surface area (Å²) < 4.78 is 52.0. The summed E-state index contributed by atoms with van der Waals surface area (Å²) in [6, 6.07) is 4.91. The van der Waals surface area contributed by atoms with Crippen molar-refractivity contribution in [1.82, 2.24) is 9.71 Å². The van der Waals surface area contributed by atoms with Gasteiger partial charge in [-0.05, 0) is 18.2 Å². The predicted molar refractivity (Wildman–Crippen MR) is 82.7 cm³/mol. The summed E-state index contributed by atoms with van der Waals surface area (Å²) >= 11 is 0. The van der Waals surface area contributed by atoms with Crippen LogP contribution in [0, 0.1) is 11.6 Å². The number of nitrogens with zero attached hydrogens (tertiary/aromatic N) is 1. The second-order valence-corrected chi connectivity index (χ2v) is 6.86. The maximum Gasteiger partial charge on any atom is 0.266 e. The van der Waals surface area contributed by atoms with Crippen LogP contribution in [0.5, 0.6) is 0 Å². The van der Waals surface area contributed by atoms with Gasteiger partial charge < -0.3 is 10.2 Å². The van der Waals surface area contributed by atoms with E-state index in [0.717, 1.165) is 18.3 Å². The summed E-state index contributed by atoms with van der Waals surface area (Å²) in [5.74, 6) is -3.96. The van der Waals surface area contributed by atoms with Gasteiger partial charge in [0.05, 0.1) is 29.7 Å². The normalized spacial score (nSPS) is 12.6. The Bertz CT molecular complexity index is 872. The molecule has 3 N–H and O–H groups in total.